The molecule has 0 amide bonds. The number of rotatable bonds is 7. The zero-order valence-electron chi connectivity index (χ0n) is 14.2. The van der Waals surface area contributed by atoms with Gasteiger partial charge in [-0.3, -0.25) is 0 Å². The Bertz CT molecular complexity index is 533. The minimum absolute atomic E-state index is 0.0625. The predicted octanol–water partition coefficient (Wildman–Crippen LogP) is 4.88. The molecule has 124 valence electrons. The van der Waals surface area contributed by atoms with E-state index in [2.05, 4.69) is 42.2 Å². The first-order valence-corrected chi connectivity index (χ1v) is 8.66. The molecule has 0 heterocycles. The van der Waals surface area contributed by atoms with Crippen molar-refractivity contribution in [3.05, 3.63) is 66.3 Å². The summed E-state index contributed by atoms with van der Waals surface area (Å²) in [7, 11) is 0. The van der Waals surface area contributed by atoms with Crippen molar-refractivity contribution in [1.82, 2.24) is 0 Å². The highest BCUT2D eigenvalue weighted by Crippen LogP contribution is 2.27. The van der Waals surface area contributed by atoms with Gasteiger partial charge in [0.15, 0.2) is 0 Å². The fraction of sp³-hybridized carbons (Fsp3) is 0.429. The molecule has 1 aliphatic carbocycles. The van der Waals surface area contributed by atoms with Gasteiger partial charge in [-0.25, -0.2) is 0 Å². The summed E-state index contributed by atoms with van der Waals surface area (Å²) in [6.07, 6.45) is 13.3. The van der Waals surface area contributed by atoms with Gasteiger partial charge < -0.3 is 10.4 Å². The monoisotopic (exact) mass is 311 g/mol. The van der Waals surface area contributed by atoms with E-state index in [0.717, 1.165) is 50.3 Å². The van der Waals surface area contributed by atoms with Gasteiger partial charge in [-0.2, -0.15) is 0 Å². The second kappa shape index (κ2) is 9.36. The lowest BCUT2D eigenvalue weighted by Gasteiger charge is -2.25. The van der Waals surface area contributed by atoms with E-state index in [0.29, 0.717) is 0 Å². The van der Waals surface area contributed by atoms with E-state index in [1.54, 1.807) is 0 Å². The van der Waals surface area contributed by atoms with Crippen LogP contribution in [0.2, 0.25) is 0 Å². The molecule has 2 heteroatoms. The SMILES string of the molecule is C=C/C(=C\C=C/C)CNc1ccc(CC2CCC(O)CC2)cc1. The predicted molar refractivity (Wildman–Crippen MR) is 99.7 cm³/mol. The largest absolute Gasteiger partial charge is 0.393 e. The Morgan fingerprint density at radius 2 is 1.91 bits per heavy atom. The molecule has 0 unspecified atom stereocenters. The van der Waals surface area contributed by atoms with Gasteiger partial charge in [0.05, 0.1) is 6.10 Å². The third kappa shape index (κ3) is 6.07. The van der Waals surface area contributed by atoms with Crippen LogP contribution in [0.25, 0.3) is 0 Å². The normalized spacial score (nSPS) is 22.3. The number of benzene rings is 1. The van der Waals surface area contributed by atoms with E-state index in [1.165, 1.54) is 11.1 Å². The zero-order chi connectivity index (χ0) is 16.5. The van der Waals surface area contributed by atoms with Crippen LogP contribution in [0.3, 0.4) is 0 Å². The quantitative estimate of drug-likeness (QED) is 0.703. The minimum Gasteiger partial charge on any atom is -0.393 e. The molecule has 1 aliphatic rings. The number of nitrogens with one attached hydrogen (secondary N) is 1. The summed E-state index contributed by atoms with van der Waals surface area (Å²) in [5.41, 5.74) is 3.71. The summed E-state index contributed by atoms with van der Waals surface area (Å²) in [4.78, 5) is 0. The Balaban J connectivity index is 1.83. The van der Waals surface area contributed by atoms with E-state index < -0.39 is 0 Å². The summed E-state index contributed by atoms with van der Waals surface area (Å²) in [6, 6.07) is 8.75. The topological polar surface area (TPSA) is 32.3 Å². The van der Waals surface area contributed by atoms with Gasteiger partial charge in [0.25, 0.3) is 0 Å². The van der Waals surface area contributed by atoms with Crippen LogP contribution in [0.5, 0.6) is 0 Å². The molecule has 1 aromatic carbocycles. The van der Waals surface area contributed by atoms with Crippen LogP contribution in [0.4, 0.5) is 5.69 Å². The summed E-state index contributed by atoms with van der Waals surface area (Å²) >= 11 is 0. The van der Waals surface area contributed by atoms with Crippen molar-refractivity contribution < 1.29 is 5.11 Å². The fourth-order valence-corrected chi connectivity index (χ4v) is 3.06. The van der Waals surface area contributed by atoms with Crippen molar-refractivity contribution in [3.8, 4) is 0 Å². The number of aliphatic hydroxyl groups excluding tert-OH is 1. The number of allylic oxidation sites excluding steroid dienone is 3. The second-order valence-corrected chi connectivity index (χ2v) is 6.40. The van der Waals surface area contributed by atoms with Crippen LogP contribution in [-0.4, -0.2) is 17.8 Å². The van der Waals surface area contributed by atoms with Gasteiger partial charge >= 0.3 is 0 Å². The number of hydrogen-bond acceptors (Lipinski definition) is 2. The van der Waals surface area contributed by atoms with Crippen LogP contribution in [0.1, 0.15) is 38.2 Å². The molecule has 23 heavy (non-hydrogen) atoms. The van der Waals surface area contributed by atoms with Gasteiger partial charge in [0.1, 0.15) is 0 Å². The fourth-order valence-electron chi connectivity index (χ4n) is 3.06. The summed E-state index contributed by atoms with van der Waals surface area (Å²) in [6.45, 7) is 6.65. The molecule has 0 aliphatic heterocycles. The van der Waals surface area contributed by atoms with Crippen molar-refractivity contribution in [3.63, 3.8) is 0 Å². The zero-order valence-corrected chi connectivity index (χ0v) is 14.2. The Morgan fingerprint density at radius 3 is 2.52 bits per heavy atom. The van der Waals surface area contributed by atoms with E-state index in [-0.39, 0.29) is 6.10 Å². The first kappa shape index (κ1) is 17.6. The molecule has 2 nitrogen and oxygen atoms in total. The summed E-state index contributed by atoms with van der Waals surface area (Å²) < 4.78 is 0. The maximum Gasteiger partial charge on any atom is 0.0540 e. The minimum atomic E-state index is -0.0625. The molecular weight excluding hydrogens is 282 g/mol. The van der Waals surface area contributed by atoms with Gasteiger partial charge in [-0.15, -0.1) is 0 Å². The maximum absolute atomic E-state index is 9.58. The van der Waals surface area contributed by atoms with Gasteiger partial charge in [-0.1, -0.05) is 43.0 Å². The molecular formula is C21H29NO. The number of aliphatic hydroxyl groups is 1. The molecule has 0 atom stereocenters. The molecule has 2 N–H and O–H groups in total. The standard InChI is InChI=1S/C21H29NO/c1-3-5-6-17(4-2)16-22-20-11-7-18(8-12-20)15-19-9-13-21(23)14-10-19/h3-8,11-12,19,21-23H,2,9-10,13-16H2,1H3/b5-3-,17-6+. The summed E-state index contributed by atoms with van der Waals surface area (Å²) in [5, 5.41) is 13.0. The molecule has 1 fully saturated rings. The summed E-state index contributed by atoms with van der Waals surface area (Å²) in [5.74, 6) is 0.730. The smallest absolute Gasteiger partial charge is 0.0540 e. The highest BCUT2D eigenvalue weighted by atomic mass is 16.3. The first-order chi connectivity index (χ1) is 11.2. The maximum atomic E-state index is 9.58. The lowest BCUT2D eigenvalue weighted by atomic mass is 9.83. The molecule has 1 saturated carbocycles. The Kier molecular flexibility index (Phi) is 7.15. The van der Waals surface area contributed by atoms with Gasteiger partial charge in [-0.05, 0) is 68.2 Å². The Morgan fingerprint density at radius 1 is 1.22 bits per heavy atom. The van der Waals surface area contributed by atoms with Crippen LogP contribution >= 0.6 is 0 Å². The van der Waals surface area contributed by atoms with Crippen molar-refractivity contribution in [1.29, 1.82) is 0 Å². The lowest BCUT2D eigenvalue weighted by Crippen LogP contribution is -2.19. The third-order valence-electron chi connectivity index (χ3n) is 4.56. The highest BCUT2D eigenvalue weighted by molar-refractivity contribution is 5.46. The number of hydrogen-bond donors (Lipinski definition) is 2. The molecule has 0 radical (unpaired) electrons. The van der Waals surface area contributed by atoms with E-state index in [9.17, 15) is 5.11 Å². The van der Waals surface area contributed by atoms with Crippen molar-refractivity contribution in [2.45, 2.75) is 45.1 Å². The Hall–Kier alpha value is -1.80. The highest BCUT2D eigenvalue weighted by Gasteiger charge is 2.19. The Labute approximate surface area is 140 Å². The van der Waals surface area contributed by atoms with E-state index >= 15 is 0 Å². The third-order valence-corrected chi connectivity index (χ3v) is 4.56. The molecule has 1 aromatic rings. The molecule has 2 rings (SSSR count). The van der Waals surface area contributed by atoms with Crippen molar-refractivity contribution >= 4 is 5.69 Å². The first-order valence-electron chi connectivity index (χ1n) is 8.66. The van der Waals surface area contributed by atoms with E-state index in [4.69, 9.17) is 0 Å². The van der Waals surface area contributed by atoms with E-state index in [1.807, 2.05) is 25.2 Å². The van der Waals surface area contributed by atoms with Crippen LogP contribution < -0.4 is 5.32 Å². The molecule has 0 saturated heterocycles. The molecule has 0 aromatic heterocycles. The number of anilines is 1. The lowest BCUT2D eigenvalue weighted by molar-refractivity contribution is 0.109. The van der Waals surface area contributed by atoms with Gasteiger partial charge in [0.2, 0.25) is 0 Å². The van der Waals surface area contributed by atoms with Crippen molar-refractivity contribution in [2.75, 3.05) is 11.9 Å². The second-order valence-electron chi connectivity index (χ2n) is 6.40. The van der Waals surface area contributed by atoms with Crippen LogP contribution in [0.15, 0.2) is 60.7 Å². The molecule has 0 bridgehead atoms. The average molecular weight is 311 g/mol. The van der Waals surface area contributed by atoms with Gasteiger partial charge in [0, 0.05) is 12.2 Å². The van der Waals surface area contributed by atoms with Crippen LogP contribution in [-0.2, 0) is 6.42 Å². The van der Waals surface area contributed by atoms with Crippen LogP contribution in [0, 0.1) is 5.92 Å². The van der Waals surface area contributed by atoms with Crippen molar-refractivity contribution in [2.24, 2.45) is 5.92 Å². The molecule has 0 spiro atoms. The average Bonchev–Trinajstić information content (AvgIpc) is 2.58.